The van der Waals surface area contributed by atoms with Crippen molar-refractivity contribution in [3.63, 3.8) is 0 Å². The second-order valence-electron chi connectivity index (χ2n) is 8.23. The minimum absolute atomic E-state index is 0.129. The van der Waals surface area contributed by atoms with E-state index in [1.54, 1.807) is 18.4 Å². The number of anilines is 1. The Morgan fingerprint density at radius 2 is 1.61 bits per heavy atom. The fraction of sp³-hybridized carbons (Fsp3) is 0.231. The van der Waals surface area contributed by atoms with Crippen molar-refractivity contribution in [1.29, 1.82) is 0 Å². The third-order valence-electron chi connectivity index (χ3n) is 6.38. The summed E-state index contributed by atoms with van der Waals surface area (Å²) in [4.78, 5) is 22.8. The molecule has 0 radical (unpaired) electrons. The van der Waals surface area contributed by atoms with Crippen LogP contribution in [0.2, 0.25) is 0 Å². The van der Waals surface area contributed by atoms with Gasteiger partial charge >= 0.3 is 0 Å². The lowest BCUT2D eigenvalue weighted by atomic mass is 9.86. The second-order valence-corrected chi connectivity index (χ2v) is 9.24. The first-order chi connectivity index (χ1) is 16.2. The van der Waals surface area contributed by atoms with Crippen molar-refractivity contribution < 1.29 is 14.3 Å². The van der Waals surface area contributed by atoms with E-state index in [0.717, 1.165) is 56.8 Å². The maximum absolute atomic E-state index is 13.8. The standard InChI is InChI=1S/C26H23N3O3S/c1-31-21-11-6-12-22-24(21)27-26(33-22)29-15-13-28(14-16-29)25(30)23-17-7-2-4-9-19(17)32-20-10-5-3-8-18(20)23/h2-12,23H,13-16H2,1H3. The van der Waals surface area contributed by atoms with Gasteiger partial charge in [-0.15, -0.1) is 0 Å². The molecule has 7 heteroatoms. The van der Waals surface area contributed by atoms with Crippen LogP contribution in [0.4, 0.5) is 5.13 Å². The number of thiazole rings is 1. The van der Waals surface area contributed by atoms with Gasteiger partial charge in [0.2, 0.25) is 5.91 Å². The van der Waals surface area contributed by atoms with Crippen molar-refractivity contribution in [3.8, 4) is 17.2 Å². The highest BCUT2D eigenvalue weighted by atomic mass is 32.1. The summed E-state index contributed by atoms with van der Waals surface area (Å²) in [6.45, 7) is 2.82. The topological polar surface area (TPSA) is 54.9 Å². The molecule has 0 bridgehead atoms. The fourth-order valence-electron chi connectivity index (χ4n) is 4.69. The SMILES string of the molecule is COc1cccc2sc(N3CCN(C(=O)C4c5ccccc5Oc5ccccc54)CC3)nc12. The Kier molecular flexibility index (Phi) is 4.91. The number of benzene rings is 3. The highest BCUT2D eigenvalue weighted by molar-refractivity contribution is 7.22. The summed E-state index contributed by atoms with van der Waals surface area (Å²) >= 11 is 1.67. The lowest BCUT2D eigenvalue weighted by Gasteiger charge is -2.37. The van der Waals surface area contributed by atoms with Crippen LogP contribution in [0, 0.1) is 0 Å². The van der Waals surface area contributed by atoms with E-state index in [2.05, 4.69) is 11.0 Å². The quantitative estimate of drug-likeness (QED) is 0.438. The number of hydrogen-bond acceptors (Lipinski definition) is 6. The number of carbonyl (C=O) groups is 1. The van der Waals surface area contributed by atoms with E-state index in [9.17, 15) is 4.79 Å². The van der Waals surface area contributed by atoms with E-state index in [-0.39, 0.29) is 11.8 Å². The van der Waals surface area contributed by atoms with Crippen molar-refractivity contribution in [2.24, 2.45) is 0 Å². The minimum Gasteiger partial charge on any atom is -0.494 e. The number of aromatic nitrogens is 1. The highest BCUT2D eigenvalue weighted by Gasteiger charge is 2.36. The van der Waals surface area contributed by atoms with Crippen LogP contribution in [0.3, 0.4) is 0 Å². The molecule has 2 aliphatic heterocycles. The number of amides is 1. The summed E-state index contributed by atoms with van der Waals surface area (Å²) in [7, 11) is 1.67. The molecule has 3 heterocycles. The van der Waals surface area contributed by atoms with E-state index in [4.69, 9.17) is 14.5 Å². The molecule has 4 aromatic rings. The molecule has 2 aliphatic rings. The van der Waals surface area contributed by atoms with Crippen molar-refractivity contribution in [2.75, 3.05) is 38.2 Å². The van der Waals surface area contributed by atoms with Crippen LogP contribution in [0.25, 0.3) is 10.2 Å². The first-order valence-electron chi connectivity index (χ1n) is 11.1. The van der Waals surface area contributed by atoms with Gasteiger partial charge < -0.3 is 19.3 Å². The zero-order chi connectivity index (χ0) is 22.4. The van der Waals surface area contributed by atoms with Gasteiger partial charge in [0.25, 0.3) is 0 Å². The molecule has 33 heavy (non-hydrogen) atoms. The molecule has 0 aliphatic carbocycles. The average Bonchev–Trinajstić information content (AvgIpc) is 3.31. The number of methoxy groups -OCH3 is 1. The molecule has 0 spiro atoms. The lowest BCUT2D eigenvalue weighted by molar-refractivity contribution is -0.132. The third-order valence-corrected chi connectivity index (χ3v) is 7.46. The van der Waals surface area contributed by atoms with Crippen molar-refractivity contribution in [3.05, 3.63) is 77.9 Å². The number of ether oxygens (including phenoxy) is 2. The molecule has 6 rings (SSSR count). The normalized spacial score (nSPS) is 15.7. The van der Waals surface area contributed by atoms with Gasteiger partial charge in [0.15, 0.2) is 5.13 Å². The average molecular weight is 458 g/mol. The van der Waals surface area contributed by atoms with Crippen molar-refractivity contribution in [1.82, 2.24) is 9.88 Å². The summed E-state index contributed by atoms with van der Waals surface area (Å²) < 4.78 is 12.6. The first kappa shape index (κ1) is 20.1. The Balaban J connectivity index is 1.24. The zero-order valence-electron chi connectivity index (χ0n) is 18.2. The maximum Gasteiger partial charge on any atom is 0.234 e. The summed E-state index contributed by atoms with van der Waals surface area (Å²) in [5.41, 5.74) is 2.76. The molecular weight excluding hydrogens is 434 g/mol. The first-order valence-corrected chi connectivity index (χ1v) is 11.9. The minimum atomic E-state index is -0.343. The van der Waals surface area contributed by atoms with E-state index in [1.807, 2.05) is 65.6 Å². The van der Waals surface area contributed by atoms with E-state index < -0.39 is 0 Å². The van der Waals surface area contributed by atoms with Crippen molar-refractivity contribution >= 4 is 32.6 Å². The van der Waals surface area contributed by atoms with Crippen LogP contribution in [-0.4, -0.2) is 49.1 Å². The summed E-state index contributed by atoms with van der Waals surface area (Å²) in [6, 6.07) is 21.7. The molecule has 0 unspecified atom stereocenters. The Morgan fingerprint density at radius 3 is 2.27 bits per heavy atom. The maximum atomic E-state index is 13.8. The molecule has 1 amide bonds. The van der Waals surface area contributed by atoms with Gasteiger partial charge in [0, 0.05) is 37.3 Å². The smallest absolute Gasteiger partial charge is 0.234 e. The molecule has 0 atom stereocenters. The predicted octanol–water partition coefficient (Wildman–Crippen LogP) is 4.89. The van der Waals surface area contributed by atoms with Crippen LogP contribution >= 0.6 is 11.3 Å². The van der Waals surface area contributed by atoms with Crippen LogP contribution in [0.15, 0.2) is 66.7 Å². The summed E-state index contributed by atoms with van der Waals surface area (Å²) in [5.74, 6) is 2.10. The number of carbonyl (C=O) groups excluding carboxylic acids is 1. The second kappa shape index (κ2) is 8.08. The van der Waals surface area contributed by atoms with Gasteiger partial charge in [0.05, 0.1) is 17.7 Å². The Labute approximate surface area is 196 Å². The summed E-state index contributed by atoms with van der Waals surface area (Å²) in [5, 5.41) is 0.975. The molecule has 6 nitrogen and oxygen atoms in total. The summed E-state index contributed by atoms with van der Waals surface area (Å²) in [6.07, 6.45) is 0. The predicted molar refractivity (Wildman–Crippen MR) is 130 cm³/mol. The lowest BCUT2D eigenvalue weighted by Crippen LogP contribution is -2.50. The van der Waals surface area contributed by atoms with Gasteiger partial charge in [-0.1, -0.05) is 53.8 Å². The number of piperazine rings is 1. The number of nitrogens with zero attached hydrogens (tertiary/aromatic N) is 3. The van der Waals surface area contributed by atoms with E-state index in [0.29, 0.717) is 13.1 Å². The molecule has 1 fully saturated rings. The van der Waals surface area contributed by atoms with Crippen LogP contribution < -0.4 is 14.4 Å². The zero-order valence-corrected chi connectivity index (χ0v) is 19.0. The van der Waals surface area contributed by atoms with Crippen LogP contribution in [0.1, 0.15) is 17.0 Å². The molecular formula is C26H23N3O3S. The van der Waals surface area contributed by atoms with Gasteiger partial charge in [-0.05, 0) is 24.3 Å². The van der Waals surface area contributed by atoms with Crippen LogP contribution in [-0.2, 0) is 4.79 Å². The van der Waals surface area contributed by atoms with E-state index in [1.165, 1.54) is 0 Å². The number of fused-ring (bicyclic) bond motifs is 3. The molecule has 0 saturated carbocycles. The largest absolute Gasteiger partial charge is 0.494 e. The van der Waals surface area contributed by atoms with Gasteiger partial charge in [-0.3, -0.25) is 4.79 Å². The molecule has 0 N–H and O–H groups in total. The van der Waals surface area contributed by atoms with E-state index >= 15 is 0 Å². The molecule has 1 aromatic heterocycles. The van der Waals surface area contributed by atoms with Gasteiger partial charge in [0.1, 0.15) is 22.8 Å². The number of hydrogen-bond donors (Lipinski definition) is 0. The molecule has 166 valence electrons. The number of rotatable bonds is 3. The highest BCUT2D eigenvalue weighted by Crippen LogP contribution is 2.45. The van der Waals surface area contributed by atoms with Gasteiger partial charge in [-0.25, -0.2) is 4.98 Å². The molecule has 1 saturated heterocycles. The Morgan fingerprint density at radius 1 is 0.939 bits per heavy atom. The van der Waals surface area contributed by atoms with Gasteiger partial charge in [-0.2, -0.15) is 0 Å². The monoisotopic (exact) mass is 457 g/mol. The van der Waals surface area contributed by atoms with Crippen LogP contribution in [0.5, 0.6) is 17.2 Å². The fourth-order valence-corrected chi connectivity index (χ4v) is 5.72. The Hall–Kier alpha value is -3.58. The molecule has 3 aromatic carbocycles. The Bertz CT molecular complexity index is 1300. The van der Waals surface area contributed by atoms with Crippen molar-refractivity contribution in [2.45, 2.75) is 5.92 Å². The number of para-hydroxylation sites is 3. The third kappa shape index (κ3) is 3.40.